The molecular formula is C13H17N3. The van der Waals surface area contributed by atoms with Crippen molar-refractivity contribution in [3.05, 3.63) is 29.6 Å². The molecule has 0 aliphatic heterocycles. The number of aryl methyl sites for hydroxylation is 2. The van der Waals surface area contributed by atoms with E-state index in [4.69, 9.17) is 5.73 Å². The predicted octanol–water partition coefficient (Wildman–Crippen LogP) is 2.30. The van der Waals surface area contributed by atoms with Gasteiger partial charge in [0.2, 0.25) is 0 Å². The maximum Gasteiger partial charge on any atom is 0.104 e. The fraction of sp³-hybridized carbons (Fsp3) is 0.462. The molecule has 1 saturated carbocycles. The largest absolute Gasteiger partial charge is 0.342 e. The lowest BCUT2D eigenvalue weighted by Crippen LogP contribution is -2.22. The van der Waals surface area contributed by atoms with Crippen LogP contribution < -0.4 is 5.73 Å². The molecular weight excluding hydrogens is 198 g/mol. The second kappa shape index (κ2) is 3.32. The molecule has 2 aromatic rings. The van der Waals surface area contributed by atoms with Gasteiger partial charge < -0.3 is 10.7 Å². The van der Waals surface area contributed by atoms with Crippen molar-refractivity contribution in [2.24, 2.45) is 5.73 Å². The van der Waals surface area contributed by atoms with Crippen molar-refractivity contribution in [3.8, 4) is 0 Å². The summed E-state index contributed by atoms with van der Waals surface area (Å²) in [5, 5.41) is 0. The fourth-order valence-corrected chi connectivity index (χ4v) is 2.21. The van der Waals surface area contributed by atoms with E-state index < -0.39 is 0 Å². The van der Waals surface area contributed by atoms with Crippen molar-refractivity contribution in [2.75, 3.05) is 0 Å². The molecule has 1 heterocycles. The number of aromatic nitrogens is 2. The number of nitrogens with two attached hydrogens (primary N) is 1. The maximum atomic E-state index is 6.12. The van der Waals surface area contributed by atoms with Gasteiger partial charge in [0.25, 0.3) is 0 Å². The zero-order valence-corrected chi connectivity index (χ0v) is 9.59. The van der Waals surface area contributed by atoms with E-state index in [1.165, 1.54) is 18.4 Å². The summed E-state index contributed by atoms with van der Waals surface area (Å²) >= 11 is 0. The first-order chi connectivity index (χ1) is 7.66. The van der Waals surface area contributed by atoms with Gasteiger partial charge in [0.1, 0.15) is 5.82 Å². The molecule has 0 saturated heterocycles. The van der Waals surface area contributed by atoms with Crippen molar-refractivity contribution in [1.29, 1.82) is 0 Å². The number of H-pyrrole nitrogens is 1. The molecule has 0 amide bonds. The highest BCUT2D eigenvalue weighted by atomic mass is 14.9. The molecule has 84 valence electrons. The highest BCUT2D eigenvalue weighted by molar-refractivity contribution is 5.78. The Morgan fingerprint density at radius 3 is 3.00 bits per heavy atom. The first kappa shape index (κ1) is 9.85. The van der Waals surface area contributed by atoms with Crippen LogP contribution in [-0.2, 0) is 6.42 Å². The molecule has 1 aromatic heterocycles. The quantitative estimate of drug-likeness (QED) is 0.825. The zero-order chi connectivity index (χ0) is 11.2. The van der Waals surface area contributed by atoms with Gasteiger partial charge in [-0.1, -0.05) is 12.1 Å². The summed E-state index contributed by atoms with van der Waals surface area (Å²) < 4.78 is 0. The van der Waals surface area contributed by atoms with Crippen LogP contribution in [-0.4, -0.2) is 15.5 Å². The van der Waals surface area contributed by atoms with Gasteiger partial charge in [-0.3, -0.25) is 0 Å². The zero-order valence-electron chi connectivity index (χ0n) is 9.59. The molecule has 1 fully saturated rings. The average molecular weight is 215 g/mol. The minimum atomic E-state index is 0.132. The number of nitrogens with zero attached hydrogens (tertiary/aromatic N) is 1. The number of hydrogen-bond donors (Lipinski definition) is 2. The molecule has 3 heteroatoms. The third-order valence-corrected chi connectivity index (χ3v) is 3.50. The summed E-state index contributed by atoms with van der Waals surface area (Å²) in [5.41, 5.74) is 9.82. The van der Waals surface area contributed by atoms with Crippen LogP contribution in [0.3, 0.4) is 0 Å². The number of imidazole rings is 1. The molecule has 0 unspecified atom stereocenters. The molecule has 1 aliphatic carbocycles. The summed E-state index contributed by atoms with van der Waals surface area (Å²) in [6.45, 7) is 2.00. The van der Waals surface area contributed by atoms with Gasteiger partial charge in [0.15, 0.2) is 0 Å². The minimum absolute atomic E-state index is 0.132. The highest BCUT2D eigenvalue weighted by Gasteiger charge is 2.37. The van der Waals surface area contributed by atoms with Gasteiger partial charge in [-0.25, -0.2) is 4.98 Å². The fourth-order valence-electron chi connectivity index (χ4n) is 2.21. The number of rotatable bonds is 3. The van der Waals surface area contributed by atoms with E-state index in [-0.39, 0.29) is 5.54 Å². The van der Waals surface area contributed by atoms with E-state index in [2.05, 4.69) is 28.2 Å². The molecule has 1 aromatic carbocycles. The Balaban J connectivity index is 1.90. The molecule has 3 nitrogen and oxygen atoms in total. The van der Waals surface area contributed by atoms with Crippen LogP contribution in [0, 0.1) is 6.92 Å². The van der Waals surface area contributed by atoms with Crippen LogP contribution in [0.15, 0.2) is 18.2 Å². The number of benzene rings is 1. The molecule has 0 atom stereocenters. The van der Waals surface area contributed by atoms with E-state index in [9.17, 15) is 0 Å². The summed E-state index contributed by atoms with van der Waals surface area (Å²) in [6, 6.07) is 6.33. The Morgan fingerprint density at radius 2 is 2.25 bits per heavy atom. The molecule has 0 bridgehead atoms. The van der Waals surface area contributed by atoms with Crippen LogP contribution in [0.1, 0.15) is 30.7 Å². The van der Waals surface area contributed by atoms with Crippen molar-refractivity contribution in [1.82, 2.24) is 9.97 Å². The summed E-state index contributed by atoms with van der Waals surface area (Å²) in [5.74, 6) is 0.983. The predicted molar refractivity (Wildman–Crippen MR) is 65.3 cm³/mol. The molecule has 0 radical (unpaired) electrons. The molecule has 0 spiro atoms. The SMILES string of the molecule is Cc1nc2c(CCC3(N)CC3)cccc2[nH]1. The lowest BCUT2D eigenvalue weighted by Gasteiger charge is -2.08. The van der Waals surface area contributed by atoms with Crippen LogP contribution in [0.2, 0.25) is 0 Å². The van der Waals surface area contributed by atoms with Crippen LogP contribution in [0.5, 0.6) is 0 Å². The van der Waals surface area contributed by atoms with Gasteiger partial charge in [0.05, 0.1) is 11.0 Å². The summed E-state index contributed by atoms with van der Waals surface area (Å²) in [7, 11) is 0. The molecule has 1 aliphatic rings. The average Bonchev–Trinajstić information content (AvgIpc) is 2.86. The van der Waals surface area contributed by atoms with Gasteiger partial charge in [-0.15, -0.1) is 0 Å². The van der Waals surface area contributed by atoms with Crippen molar-refractivity contribution in [2.45, 2.75) is 38.1 Å². The van der Waals surface area contributed by atoms with Crippen LogP contribution >= 0.6 is 0 Å². The van der Waals surface area contributed by atoms with Crippen molar-refractivity contribution in [3.63, 3.8) is 0 Å². The molecule has 16 heavy (non-hydrogen) atoms. The Bertz CT molecular complexity index is 523. The Hall–Kier alpha value is -1.35. The van der Waals surface area contributed by atoms with Gasteiger partial charge >= 0.3 is 0 Å². The Morgan fingerprint density at radius 1 is 1.44 bits per heavy atom. The number of hydrogen-bond acceptors (Lipinski definition) is 2. The van der Waals surface area contributed by atoms with Crippen LogP contribution in [0.4, 0.5) is 0 Å². The standard InChI is InChI=1S/C13H17N3/c1-9-15-11-4-2-3-10(12(11)16-9)5-6-13(14)7-8-13/h2-4H,5-8,14H2,1H3,(H,15,16). The van der Waals surface area contributed by atoms with E-state index in [0.717, 1.165) is 29.7 Å². The van der Waals surface area contributed by atoms with Crippen molar-refractivity contribution < 1.29 is 0 Å². The minimum Gasteiger partial charge on any atom is -0.342 e. The van der Waals surface area contributed by atoms with Crippen molar-refractivity contribution >= 4 is 11.0 Å². The maximum absolute atomic E-state index is 6.12. The third kappa shape index (κ3) is 1.71. The van der Waals surface area contributed by atoms with Gasteiger partial charge in [-0.2, -0.15) is 0 Å². The third-order valence-electron chi connectivity index (χ3n) is 3.50. The smallest absolute Gasteiger partial charge is 0.104 e. The van der Waals surface area contributed by atoms with Gasteiger partial charge in [0, 0.05) is 5.54 Å². The topological polar surface area (TPSA) is 54.7 Å². The van der Waals surface area contributed by atoms with Gasteiger partial charge in [-0.05, 0) is 44.2 Å². The Labute approximate surface area is 95.1 Å². The lowest BCUT2D eigenvalue weighted by atomic mass is 10.0. The number of aromatic amines is 1. The summed E-state index contributed by atoms with van der Waals surface area (Å²) in [4.78, 5) is 7.81. The number of nitrogens with one attached hydrogen (secondary N) is 1. The first-order valence-electron chi connectivity index (χ1n) is 5.89. The molecule has 3 rings (SSSR count). The number of fused-ring (bicyclic) bond motifs is 1. The van der Waals surface area contributed by atoms with E-state index in [1.54, 1.807) is 0 Å². The summed E-state index contributed by atoms with van der Waals surface area (Å²) in [6.07, 6.45) is 4.49. The highest BCUT2D eigenvalue weighted by Crippen LogP contribution is 2.37. The second-order valence-electron chi connectivity index (χ2n) is 5.00. The number of para-hydroxylation sites is 1. The monoisotopic (exact) mass is 215 g/mol. The van der Waals surface area contributed by atoms with E-state index >= 15 is 0 Å². The first-order valence-corrected chi connectivity index (χ1v) is 5.89. The lowest BCUT2D eigenvalue weighted by molar-refractivity contribution is 0.610. The van der Waals surface area contributed by atoms with E-state index in [1.807, 2.05) is 6.92 Å². The normalized spacial score (nSPS) is 17.9. The Kier molecular flexibility index (Phi) is 2.04. The molecule has 3 N–H and O–H groups in total. The van der Waals surface area contributed by atoms with Crippen LogP contribution in [0.25, 0.3) is 11.0 Å². The van der Waals surface area contributed by atoms with E-state index in [0.29, 0.717) is 0 Å². The second-order valence-corrected chi connectivity index (χ2v) is 5.00.